The normalized spacial score (nSPS) is 10.9. The summed E-state index contributed by atoms with van der Waals surface area (Å²) < 4.78 is 19.1. The highest BCUT2D eigenvalue weighted by Gasteiger charge is 2.15. The number of nitrogens with one attached hydrogen (secondary N) is 1. The summed E-state index contributed by atoms with van der Waals surface area (Å²) in [6.45, 7) is 2.24. The summed E-state index contributed by atoms with van der Waals surface area (Å²) in [6, 6.07) is 23.8. The summed E-state index contributed by atoms with van der Waals surface area (Å²) in [5, 5.41) is 2.86. The van der Waals surface area contributed by atoms with Gasteiger partial charge in [-0.05, 0) is 53.1 Å². The molecule has 0 radical (unpaired) electrons. The van der Waals surface area contributed by atoms with E-state index in [1.807, 2.05) is 36.4 Å². The predicted molar refractivity (Wildman–Crippen MR) is 120 cm³/mol. The fourth-order valence-electron chi connectivity index (χ4n) is 3.43. The number of hydrogen-bond acceptors (Lipinski definition) is 4. The van der Waals surface area contributed by atoms with Crippen molar-refractivity contribution in [3.05, 3.63) is 125 Å². The zero-order chi connectivity index (χ0) is 22.2. The summed E-state index contributed by atoms with van der Waals surface area (Å²) in [5.41, 5.74) is 3.13. The van der Waals surface area contributed by atoms with E-state index in [9.17, 15) is 9.18 Å². The van der Waals surface area contributed by atoms with Crippen LogP contribution in [0, 0.1) is 5.82 Å². The van der Waals surface area contributed by atoms with Gasteiger partial charge in [0.05, 0.1) is 6.54 Å². The molecule has 0 atom stereocenters. The van der Waals surface area contributed by atoms with E-state index in [4.69, 9.17) is 4.42 Å². The maximum atomic E-state index is 13.3. The van der Waals surface area contributed by atoms with Gasteiger partial charge in [0.25, 0.3) is 5.91 Å². The van der Waals surface area contributed by atoms with Crippen molar-refractivity contribution >= 4 is 5.91 Å². The second-order valence-corrected chi connectivity index (χ2v) is 7.56. The highest BCUT2D eigenvalue weighted by Crippen LogP contribution is 2.17. The number of halogens is 1. The van der Waals surface area contributed by atoms with Crippen LogP contribution in [0.4, 0.5) is 4.39 Å². The first-order valence-corrected chi connectivity index (χ1v) is 10.4. The highest BCUT2D eigenvalue weighted by atomic mass is 19.1. The van der Waals surface area contributed by atoms with Crippen molar-refractivity contribution < 1.29 is 13.6 Å². The lowest BCUT2D eigenvalue weighted by atomic mass is 10.1. The number of nitrogens with zero attached hydrogens (tertiary/aromatic N) is 2. The standard InChI is InChI=1S/C26H24FN3O2/c27-23-8-6-22(7-9-23)18-30(17-21-4-2-1-3-5-21)19-24-10-11-25(32-24)26(31)29-16-20-12-14-28-15-13-20/h1-15H,16-19H2,(H,29,31). The monoisotopic (exact) mass is 429 g/mol. The lowest BCUT2D eigenvalue weighted by Crippen LogP contribution is -2.23. The van der Waals surface area contributed by atoms with Crippen LogP contribution < -0.4 is 5.32 Å². The van der Waals surface area contributed by atoms with Gasteiger partial charge in [0, 0.05) is 32.0 Å². The van der Waals surface area contributed by atoms with Gasteiger partial charge < -0.3 is 9.73 Å². The molecule has 2 heterocycles. The molecule has 0 spiro atoms. The van der Waals surface area contributed by atoms with E-state index in [2.05, 4.69) is 27.3 Å². The smallest absolute Gasteiger partial charge is 0.287 e. The van der Waals surface area contributed by atoms with Gasteiger partial charge in [-0.15, -0.1) is 0 Å². The fourth-order valence-corrected chi connectivity index (χ4v) is 3.43. The molecule has 0 unspecified atom stereocenters. The average molecular weight is 429 g/mol. The third kappa shape index (κ3) is 6.12. The van der Waals surface area contributed by atoms with Crippen LogP contribution in [0.2, 0.25) is 0 Å². The zero-order valence-electron chi connectivity index (χ0n) is 17.6. The van der Waals surface area contributed by atoms with Crippen molar-refractivity contribution in [1.82, 2.24) is 15.2 Å². The Morgan fingerprint density at radius 3 is 2.22 bits per heavy atom. The average Bonchev–Trinajstić information content (AvgIpc) is 3.29. The molecule has 32 heavy (non-hydrogen) atoms. The molecule has 2 aromatic heterocycles. The molecule has 1 N–H and O–H groups in total. The van der Waals surface area contributed by atoms with Crippen LogP contribution in [-0.4, -0.2) is 15.8 Å². The molecule has 1 amide bonds. The summed E-state index contributed by atoms with van der Waals surface area (Å²) in [5.74, 6) is 0.450. The summed E-state index contributed by atoms with van der Waals surface area (Å²) in [6.07, 6.45) is 3.38. The molecule has 0 aliphatic heterocycles. The van der Waals surface area contributed by atoms with Crippen molar-refractivity contribution in [3.8, 4) is 0 Å². The quantitative estimate of drug-likeness (QED) is 0.409. The first-order chi connectivity index (χ1) is 15.7. The Kier molecular flexibility index (Phi) is 7.05. The van der Waals surface area contributed by atoms with Crippen molar-refractivity contribution in [2.24, 2.45) is 0 Å². The number of carbonyl (C=O) groups is 1. The number of carbonyl (C=O) groups excluding carboxylic acids is 1. The maximum Gasteiger partial charge on any atom is 0.287 e. The lowest BCUT2D eigenvalue weighted by Gasteiger charge is -2.21. The largest absolute Gasteiger partial charge is 0.455 e. The Hall–Kier alpha value is -3.77. The number of amides is 1. The highest BCUT2D eigenvalue weighted by molar-refractivity contribution is 5.91. The van der Waals surface area contributed by atoms with E-state index >= 15 is 0 Å². The van der Waals surface area contributed by atoms with Gasteiger partial charge >= 0.3 is 0 Å². The molecular formula is C26H24FN3O2. The van der Waals surface area contributed by atoms with Crippen molar-refractivity contribution in [3.63, 3.8) is 0 Å². The first kappa shape index (κ1) is 21.5. The molecule has 0 fully saturated rings. The molecule has 4 rings (SSSR count). The van der Waals surface area contributed by atoms with E-state index < -0.39 is 0 Å². The van der Waals surface area contributed by atoms with Crippen molar-refractivity contribution in [2.45, 2.75) is 26.2 Å². The molecule has 2 aromatic carbocycles. The Balaban J connectivity index is 1.42. The molecule has 0 aliphatic rings. The van der Waals surface area contributed by atoms with Crippen LogP contribution in [0.1, 0.15) is 33.0 Å². The number of hydrogen-bond donors (Lipinski definition) is 1. The van der Waals surface area contributed by atoms with E-state index in [0.29, 0.717) is 31.9 Å². The number of benzene rings is 2. The molecule has 4 aromatic rings. The second-order valence-electron chi connectivity index (χ2n) is 7.56. The lowest BCUT2D eigenvalue weighted by molar-refractivity contribution is 0.0918. The van der Waals surface area contributed by atoms with Crippen molar-refractivity contribution in [2.75, 3.05) is 0 Å². The Morgan fingerprint density at radius 2 is 1.50 bits per heavy atom. The minimum atomic E-state index is -0.263. The van der Waals surface area contributed by atoms with Gasteiger partial charge in [0.2, 0.25) is 0 Å². The van der Waals surface area contributed by atoms with Gasteiger partial charge in [0.1, 0.15) is 11.6 Å². The van der Waals surface area contributed by atoms with Crippen LogP contribution in [-0.2, 0) is 26.2 Å². The van der Waals surface area contributed by atoms with E-state index in [0.717, 1.165) is 16.7 Å². The summed E-state index contributed by atoms with van der Waals surface area (Å²) >= 11 is 0. The van der Waals surface area contributed by atoms with Crippen LogP contribution >= 0.6 is 0 Å². The number of pyridine rings is 1. The predicted octanol–water partition coefficient (Wildman–Crippen LogP) is 4.95. The number of aromatic nitrogens is 1. The van der Waals surface area contributed by atoms with E-state index in [-0.39, 0.29) is 17.5 Å². The molecule has 6 heteroatoms. The Morgan fingerprint density at radius 1 is 0.812 bits per heavy atom. The van der Waals surface area contributed by atoms with Gasteiger partial charge in [-0.2, -0.15) is 0 Å². The van der Waals surface area contributed by atoms with Gasteiger partial charge in [-0.1, -0.05) is 42.5 Å². The number of rotatable bonds is 9. The van der Waals surface area contributed by atoms with Gasteiger partial charge in [-0.3, -0.25) is 14.7 Å². The third-order valence-electron chi connectivity index (χ3n) is 5.04. The molecule has 162 valence electrons. The zero-order valence-corrected chi connectivity index (χ0v) is 17.6. The molecule has 5 nitrogen and oxygen atoms in total. The first-order valence-electron chi connectivity index (χ1n) is 10.4. The Bertz CT molecular complexity index is 1130. The Labute approximate surface area is 186 Å². The number of furan rings is 1. The topological polar surface area (TPSA) is 58.4 Å². The summed E-state index contributed by atoms with van der Waals surface area (Å²) in [7, 11) is 0. The molecule has 0 aliphatic carbocycles. The van der Waals surface area contributed by atoms with E-state index in [1.54, 1.807) is 30.6 Å². The molecule has 0 bridgehead atoms. The molecule has 0 saturated carbocycles. The minimum Gasteiger partial charge on any atom is -0.455 e. The fraction of sp³-hybridized carbons (Fsp3) is 0.154. The van der Waals surface area contributed by atoms with Crippen molar-refractivity contribution in [1.29, 1.82) is 0 Å². The van der Waals surface area contributed by atoms with Crippen LogP contribution in [0.5, 0.6) is 0 Å². The molecular weight excluding hydrogens is 405 g/mol. The second kappa shape index (κ2) is 10.5. The SMILES string of the molecule is O=C(NCc1ccncc1)c1ccc(CN(Cc2ccccc2)Cc2ccc(F)cc2)o1. The minimum absolute atomic E-state index is 0.253. The maximum absolute atomic E-state index is 13.3. The van der Waals surface area contributed by atoms with E-state index in [1.165, 1.54) is 12.1 Å². The van der Waals surface area contributed by atoms with Crippen LogP contribution in [0.25, 0.3) is 0 Å². The van der Waals surface area contributed by atoms with Gasteiger partial charge in [-0.25, -0.2) is 4.39 Å². The van der Waals surface area contributed by atoms with Gasteiger partial charge in [0.15, 0.2) is 5.76 Å². The van der Waals surface area contributed by atoms with Crippen LogP contribution in [0.3, 0.4) is 0 Å². The summed E-state index contributed by atoms with van der Waals surface area (Å²) in [4.78, 5) is 18.6. The molecule has 0 saturated heterocycles. The third-order valence-corrected chi connectivity index (χ3v) is 5.04. The van der Waals surface area contributed by atoms with Crippen LogP contribution in [0.15, 0.2) is 95.7 Å².